The van der Waals surface area contributed by atoms with Crippen molar-refractivity contribution in [2.75, 3.05) is 18.6 Å². The summed E-state index contributed by atoms with van der Waals surface area (Å²) in [4.78, 5) is 11.0. The maximum atomic E-state index is 11.0. The van der Waals surface area contributed by atoms with E-state index >= 15 is 0 Å². The molecule has 13 heavy (non-hydrogen) atoms. The molecule has 4 nitrogen and oxygen atoms in total. The molecule has 3 N–H and O–H groups in total. The second kappa shape index (κ2) is 7.03. The van der Waals surface area contributed by atoms with Gasteiger partial charge >= 0.3 is 0 Å². The van der Waals surface area contributed by atoms with E-state index in [0.29, 0.717) is 18.7 Å². The van der Waals surface area contributed by atoms with Crippen molar-refractivity contribution in [2.45, 2.75) is 25.8 Å². The number of rotatable bonds is 6. The van der Waals surface area contributed by atoms with E-state index in [2.05, 4.69) is 5.32 Å². The smallest absolute Gasteiger partial charge is 0.221 e. The van der Waals surface area contributed by atoms with Crippen LogP contribution < -0.4 is 11.1 Å². The summed E-state index contributed by atoms with van der Waals surface area (Å²) in [5, 5.41) is 2.72. The van der Waals surface area contributed by atoms with Crippen molar-refractivity contribution in [3.8, 4) is 0 Å². The lowest BCUT2D eigenvalue weighted by molar-refractivity contribution is -0.121. The highest BCUT2D eigenvalue weighted by molar-refractivity contribution is 7.84. The molecule has 0 saturated heterocycles. The van der Waals surface area contributed by atoms with Gasteiger partial charge in [0, 0.05) is 41.8 Å². The van der Waals surface area contributed by atoms with Crippen molar-refractivity contribution in [1.29, 1.82) is 0 Å². The average molecular weight is 206 g/mol. The van der Waals surface area contributed by atoms with E-state index in [4.69, 9.17) is 5.73 Å². The van der Waals surface area contributed by atoms with Crippen LogP contribution in [0.25, 0.3) is 0 Å². The molecular weight excluding hydrogens is 188 g/mol. The maximum Gasteiger partial charge on any atom is 0.221 e. The van der Waals surface area contributed by atoms with Crippen LogP contribution in [-0.4, -0.2) is 34.7 Å². The molecule has 0 aromatic carbocycles. The second-order valence-electron chi connectivity index (χ2n) is 3.16. The van der Waals surface area contributed by atoms with E-state index in [-0.39, 0.29) is 11.9 Å². The van der Waals surface area contributed by atoms with E-state index in [0.717, 1.165) is 6.42 Å². The first-order valence-corrected chi connectivity index (χ1v) is 6.07. The highest BCUT2D eigenvalue weighted by Crippen LogP contribution is 1.86. The van der Waals surface area contributed by atoms with Crippen LogP contribution in [0.15, 0.2) is 0 Å². The van der Waals surface area contributed by atoms with Crippen LogP contribution in [0, 0.1) is 0 Å². The number of nitrogens with two attached hydrogens (primary N) is 1. The summed E-state index contributed by atoms with van der Waals surface area (Å²) in [7, 11) is -0.767. The van der Waals surface area contributed by atoms with Crippen molar-refractivity contribution in [3.05, 3.63) is 0 Å². The number of amides is 1. The fraction of sp³-hybridized carbons (Fsp3) is 0.875. The highest BCUT2D eigenvalue weighted by atomic mass is 32.2. The molecule has 5 heteroatoms. The van der Waals surface area contributed by atoms with Crippen LogP contribution in [0.3, 0.4) is 0 Å². The number of hydrogen-bond acceptors (Lipinski definition) is 3. The van der Waals surface area contributed by atoms with Gasteiger partial charge in [0.1, 0.15) is 0 Å². The molecule has 0 heterocycles. The van der Waals surface area contributed by atoms with Gasteiger partial charge in [-0.2, -0.15) is 0 Å². The summed E-state index contributed by atoms with van der Waals surface area (Å²) in [6.07, 6.45) is 2.77. The topological polar surface area (TPSA) is 72.2 Å². The molecule has 0 rings (SSSR count). The minimum absolute atomic E-state index is 0.0307. The van der Waals surface area contributed by atoms with Crippen LogP contribution in [0.2, 0.25) is 0 Å². The van der Waals surface area contributed by atoms with E-state index in [9.17, 15) is 9.00 Å². The van der Waals surface area contributed by atoms with Crippen LogP contribution in [0.4, 0.5) is 0 Å². The third-order valence-corrected chi connectivity index (χ3v) is 2.30. The maximum absolute atomic E-state index is 11.0. The molecule has 78 valence electrons. The van der Waals surface area contributed by atoms with E-state index in [1.165, 1.54) is 0 Å². The Hall–Kier alpha value is -0.420. The Morgan fingerprint density at radius 1 is 1.62 bits per heavy atom. The third kappa shape index (κ3) is 9.49. The number of carbonyl (C=O) groups is 1. The van der Waals surface area contributed by atoms with Gasteiger partial charge in [-0.25, -0.2) is 0 Å². The predicted octanol–water partition coefficient (Wildman–Crippen LogP) is -0.391. The lowest BCUT2D eigenvalue weighted by atomic mass is 10.2. The summed E-state index contributed by atoms with van der Waals surface area (Å²) in [5.74, 6) is 0.607. The summed E-state index contributed by atoms with van der Waals surface area (Å²) in [6.45, 7) is 2.38. The summed E-state index contributed by atoms with van der Waals surface area (Å²) in [6, 6.07) is -0.0969. The molecule has 0 aliphatic rings. The van der Waals surface area contributed by atoms with Crippen LogP contribution in [0.5, 0.6) is 0 Å². The first-order valence-electron chi connectivity index (χ1n) is 4.34. The molecule has 0 bridgehead atoms. The lowest BCUT2D eigenvalue weighted by Gasteiger charge is -2.06. The van der Waals surface area contributed by atoms with Gasteiger partial charge in [-0.15, -0.1) is 0 Å². The van der Waals surface area contributed by atoms with Crippen LogP contribution in [0.1, 0.15) is 19.8 Å². The molecule has 2 unspecified atom stereocenters. The van der Waals surface area contributed by atoms with Crippen LogP contribution >= 0.6 is 0 Å². The van der Waals surface area contributed by atoms with Gasteiger partial charge in [0.25, 0.3) is 0 Å². The second-order valence-corrected chi connectivity index (χ2v) is 4.72. The minimum Gasteiger partial charge on any atom is -0.356 e. The van der Waals surface area contributed by atoms with Crippen molar-refractivity contribution < 1.29 is 9.00 Å². The first-order chi connectivity index (χ1) is 6.02. The zero-order chi connectivity index (χ0) is 10.3. The van der Waals surface area contributed by atoms with Crippen molar-refractivity contribution in [2.24, 2.45) is 5.73 Å². The molecule has 0 aliphatic carbocycles. The Kier molecular flexibility index (Phi) is 6.80. The number of carbonyl (C=O) groups excluding carboxylic acids is 1. The standard InChI is InChI=1S/C8H18N2O2S/c1-7(9)6-8(11)10-4-3-5-13(2)12/h7H,3-6,9H2,1-2H3,(H,10,11). The monoisotopic (exact) mass is 206 g/mol. The van der Waals surface area contributed by atoms with Gasteiger partial charge < -0.3 is 11.1 Å². The quantitative estimate of drug-likeness (QED) is 0.581. The van der Waals surface area contributed by atoms with Gasteiger partial charge in [-0.1, -0.05) is 0 Å². The molecular formula is C8H18N2O2S. The Morgan fingerprint density at radius 3 is 2.69 bits per heavy atom. The van der Waals surface area contributed by atoms with E-state index < -0.39 is 10.8 Å². The molecule has 0 aliphatic heterocycles. The fourth-order valence-electron chi connectivity index (χ4n) is 0.868. The number of hydrogen-bond donors (Lipinski definition) is 2. The molecule has 0 aromatic rings. The van der Waals surface area contributed by atoms with Gasteiger partial charge in [-0.3, -0.25) is 9.00 Å². The minimum atomic E-state index is -0.767. The van der Waals surface area contributed by atoms with E-state index in [1.54, 1.807) is 13.2 Å². The molecule has 0 spiro atoms. The Balaban J connectivity index is 3.32. The third-order valence-electron chi connectivity index (χ3n) is 1.44. The van der Waals surface area contributed by atoms with Crippen molar-refractivity contribution >= 4 is 16.7 Å². The Morgan fingerprint density at radius 2 is 2.23 bits per heavy atom. The Bertz CT molecular complexity index is 183. The Labute approximate surface area is 81.7 Å². The SMILES string of the molecule is CC(N)CC(=O)NCCCS(C)=O. The predicted molar refractivity (Wildman–Crippen MR) is 54.8 cm³/mol. The van der Waals surface area contributed by atoms with Crippen molar-refractivity contribution in [3.63, 3.8) is 0 Å². The van der Waals surface area contributed by atoms with Crippen LogP contribution in [-0.2, 0) is 15.6 Å². The summed E-state index contributed by atoms with van der Waals surface area (Å²) < 4.78 is 10.6. The molecule has 0 aromatic heterocycles. The fourth-order valence-corrected chi connectivity index (χ4v) is 1.42. The molecule has 1 amide bonds. The first kappa shape index (κ1) is 12.6. The van der Waals surface area contributed by atoms with Gasteiger partial charge in [0.05, 0.1) is 0 Å². The van der Waals surface area contributed by atoms with Gasteiger partial charge in [-0.05, 0) is 13.3 Å². The lowest BCUT2D eigenvalue weighted by Crippen LogP contribution is -2.30. The molecule has 2 atom stereocenters. The molecule has 0 fully saturated rings. The molecule has 0 radical (unpaired) electrons. The van der Waals surface area contributed by atoms with Crippen molar-refractivity contribution in [1.82, 2.24) is 5.32 Å². The highest BCUT2D eigenvalue weighted by Gasteiger charge is 2.03. The van der Waals surface area contributed by atoms with Gasteiger partial charge in [0.15, 0.2) is 0 Å². The normalized spacial score (nSPS) is 15.0. The molecule has 0 saturated carbocycles. The zero-order valence-electron chi connectivity index (χ0n) is 8.21. The zero-order valence-corrected chi connectivity index (χ0v) is 9.02. The number of nitrogens with one attached hydrogen (secondary N) is 1. The average Bonchev–Trinajstić information content (AvgIpc) is 1.96. The van der Waals surface area contributed by atoms with E-state index in [1.807, 2.05) is 0 Å². The van der Waals surface area contributed by atoms with Gasteiger partial charge in [0.2, 0.25) is 5.91 Å². The summed E-state index contributed by atoms with van der Waals surface area (Å²) >= 11 is 0. The summed E-state index contributed by atoms with van der Waals surface area (Å²) in [5.41, 5.74) is 5.44. The largest absolute Gasteiger partial charge is 0.356 e.